The third kappa shape index (κ3) is 5.01. The first-order chi connectivity index (χ1) is 17.2. The van der Waals surface area contributed by atoms with Gasteiger partial charge in [0, 0.05) is 23.3 Å². The fourth-order valence-corrected chi connectivity index (χ4v) is 3.89. The van der Waals surface area contributed by atoms with Crippen LogP contribution in [-0.4, -0.2) is 18.0 Å². The van der Waals surface area contributed by atoms with Crippen molar-refractivity contribution < 1.29 is 18.7 Å². The van der Waals surface area contributed by atoms with Crippen LogP contribution in [0.15, 0.2) is 108 Å². The topological polar surface area (TPSA) is 73.6 Å². The SMILES string of the molecule is COc1ccc(C(=O)NC(c2ccccc2)c2cc3ccccc3o2)cc1OCc1ccncc1. The van der Waals surface area contributed by atoms with Crippen molar-refractivity contribution in [1.82, 2.24) is 10.3 Å². The van der Waals surface area contributed by atoms with Gasteiger partial charge < -0.3 is 19.2 Å². The number of hydrogen-bond donors (Lipinski definition) is 1. The smallest absolute Gasteiger partial charge is 0.252 e. The Balaban J connectivity index is 1.42. The van der Waals surface area contributed by atoms with Crippen molar-refractivity contribution in [2.75, 3.05) is 7.11 Å². The highest BCUT2D eigenvalue weighted by Crippen LogP contribution is 2.31. The van der Waals surface area contributed by atoms with E-state index in [0.29, 0.717) is 29.4 Å². The molecule has 5 rings (SSSR count). The van der Waals surface area contributed by atoms with Crippen molar-refractivity contribution in [3.63, 3.8) is 0 Å². The van der Waals surface area contributed by atoms with Crippen LogP contribution in [0.3, 0.4) is 0 Å². The Morgan fingerprint density at radius 1 is 0.914 bits per heavy atom. The van der Waals surface area contributed by atoms with Crippen LogP contribution < -0.4 is 14.8 Å². The summed E-state index contributed by atoms with van der Waals surface area (Å²) in [5, 5.41) is 4.11. The first-order valence-corrected chi connectivity index (χ1v) is 11.3. The molecule has 2 aromatic heterocycles. The fraction of sp³-hybridized carbons (Fsp3) is 0.103. The lowest BCUT2D eigenvalue weighted by atomic mass is 10.0. The van der Waals surface area contributed by atoms with E-state index in [0.717, 1.165) is 22.1 Å². The first kappa shape index (κ1) is 22.2. The maximum absolute atomic E-state index is 13.4. The molecule has 0 saturated heterocycles. The number of hydrogen-bond acceptors (Lipinski definition) is 5. The summed E-state index contributed by atoms with van der Waals surface area (Å²) in [6, 6.07) is 27.9. The molecule has 0 aliphatic rings. The number of furan rings is 1. The zero-order chi connectivity index (χ0) is 24.0. The molecule has 6 heteroatoms. The summed E-state index contributed by atoms with van der Waals surface area (Å²) in [6.07, 6.45) is 3.42. The van der Waals surface area contributed by atoms with Gasteiger partial charge >= 0.3 is 0 Å². The summed E-state index contributed by atoms with van der Waals surface area (Å²) >= 11 is 0. The number of para-hydroxylation sites is 1. The van der Waals surface area contributed by atoms with Crippen LogP contribution in [0.2, 0.25) is 0 Å². The van der Waals surface area contributed by atoms with Crippen LogP contribution in [0.5, 0.6) is 11.5 Å². The molecule has 1 N–H and O–H groups in total. The number of benzene rings is 3. The van der Waals surface area contributed by atoms with Gasteiger partial charge in [-0.1, -0.05) is 48.5 Å². The summed E-state index contributed by atoms with van der Waals surface area (Å²) in [7, 11) is 1.57. The number of carbonyl (C=O) groups is 1. The number of pyridine rings is 1. The molecule has 0 fully saturated rings. The molecule has 35 heavy (non-hydrogen) atoms. The number of nitrogens with zero attached hydrogens (tertiary/aromatic N) is 1. The predicted octanol–water partition coefficient (Wildman–Crippen LogP) is 5.93. The normalized spacial score (nSPS) is 11.7. The minimum atomic E-state index is -0.459. The van der Waals surface area contributed by atoms with E-state index in [-0.39, 0.29) is 5.91 Å². The molecule has 0 bridgehead atoms. The lowest BCUT2D eigenvalue weighted by Crippen LogP contribution is -2.29. The summed E-state index contributed by atoms with van der Waals surface area (Å²) < 4.78 is 17.5. The van der Waals surface area contributed by atoms with Gasteiger partial charge in [-0.05, 0) is 53.6 Å². The average Bonchev–Trinajstić information content (AvgIpc) is 3.35. The Kier molecular flexibility index (Phi) is 6.44. The molecule has 2 heterocycles. The fourth-order valence-electron chi connectivity index (χ4n) is 3.89. The molecule has 1 unspecified atom stereocenters. The van der Waals surface area contributed by atoms with E-state index in [2.05, 4.69) is 10.3 Å². The molecule has 3 aromatic carbocycles. The van der Waals surface area contributed by atoms with Crippen molar-refractivity contribution in [1.29, 1.82) is 0 Å². The maximum Gasteiger partial charge on any atom is 0.252 e. The highest BCUT2D eigenvalue weighted by molar-refractivity contribution is 5.95. The largest absolute Gasteiger partial charge is 0.493 e. The molecule has 174 valence electrons. The molecule has 0 saturated carbocycles. The van der Waals surface area contributed by atoms with E-state index in [1.54, 1.807) is 37.7 Å². The quantitative estimate of drug-likeness (QED) is 0.308. The van der Waals surface area contributed by atoms with Gasteiger partial charge in [0.2, 0.25) is 0 Å². The number of nitrogens with one attached hydrogen (secondary N) is 1. The van der Waals surface area contributed by atoms with Gasteiger partial charge in [0.25, 0.3) is 5.91 Å². The molecule has 0 aliphatic heterocycles. The first-order valence-electron chi connectivity index (χ1n) is 11.3. The van der Waals surface area contributed by atoms with Gasteiger partial charge in [0.15, 0.2) is 11.5 Å². The molecule has 0 spiro atoms. The van der Waals surface area contributed by atoms with E-state index >= 15 is 0 Å². The van der Waals surface area contributed by atoms with Crippen molar-refractivity contribution in [3.8, 4) is 11.5 Å². The summed E-state index contributed by atoms with van der Waals surface area (Å²) in [5.41, 5.74) is 3.11. The zero-order valence-corrected chi connectivity index (χ0v) is 19.2. The van der Waals surface area contributed by atoms with Crippen molar-refractivity contribution in [2.45, 2.75) is 12.6 Å². The van der Waals surface area contributed by atoms with Crippen LogP contribution in [-0.2, 0) is 6.61 Å². The van der Waals surface area contributed by atoms with Gasteiger partial charge in [-0.2, -0.15) is 0 Å². The number of aromatic nitrogens is 1. The van der Waals surface area contributed by atoms with Crippen molar-refractivity contribution >= 4 is 16.9 Å². The van der Waals surface area contributed by atoms with Crippen LogP contribution in [0.25, 0.3) is 11.0 Å². The van der Waals surface area contributed by atoms with E-state index in [9.17, 15) is 4.79 Å². The van der Waals surface area contributed by atoms with E-state index in [4.69, 9.17) is 13.9 Å². The Morgan fingerprint density at radius 3 is 2.46 bits per heavy atom. The standard InChI is InChI=1S/C29H24N2O4/c1-33-25-12-11-23(18-26(25)34-19-20-13-15-30-16-14-20)29(32)31-28(21-7-3-2-4-8-21)27-17-22-9-5-6-10-24(22)35-27/h2-18,28H,19H2,1H3,(H,31,32). The molecular formula is C29H24N2O4. The zero-order valence-electron chi connectivity index (χ0n) is 19.2. The summed E-state index contributed by atoms with van der Waals surface area (Å²) in [6.45, 7) is 0.329. The number of carbonyl (C=O) groups excluding carboxylic acids is 1. The molecule has 5 aromatic rings. The second kappa shape index (κ2) is 10.1. The van der Waals surface area contributed by atoms with Gasteiger partial charge in [0.05, 0.1) is 7.11 Å². The molecule has 1 amide bonds. The Labute approximate surface area is 203 Å². The third-order valence-electron chi connectivity index (χ3n) is 5.71. The van der Waals surface area contributed by atoms with Crippen molar-refractivity contribution in [2.24, 2.45) is 0 Å². The van der Waals surface area contributed by atoms with E-state index in [1.165, 1.54) is 0 Å². The highest BCUT2D eigenvalue weighted by Gasteiger charge is 2.22. The number of ether oxygens (including phenoxy) is 2. The summed E-state index contributed by atoms with van der Waals surface area (Å²) in [4.78, 5) is 17.4. The second-order valence-electron chi connectivity index (χ2n) is 8.01. The maximum atomic E-state index is 13.4. The number of amides is 1. The molecule has 1 atom stereocenters. The van der Waals surface area contributed by atoms with Crippen molar-refractivity contribution in [3.05, 3.63) is 126 Å². The minimum absolute atomic E-state index is 0.254. The van der Waals surface area contributed by atoms with Gasteiger partial charge in [0.1, 0.15) is 24.0 Å². The van der Waals surface area contributed by atoms with Crippen LogP contribution in [0.4, 0.5) is 0 Å². The monoisotopic (exact) mass is 464 g/mol. The Morgan fingerprint density at radius 2 is 1.69 bits per heavy atom. The van der Waals surface area contributed by atoms with Gasteiger partial charge in [-0.25, -0.2) is 0 Å². The highest BCUT2D eigenvalue weighted by atomic mass is 16.5. The molecule has 0 aliphatic carbocycles. The van der Waals surface area contributed by atoms with E-state index < -0.39 is 6.04 Å². The van der Waals surface area contributed by atoms with Crippen LogP contribution in [0, 0.1) is 0 Å². The average molecular weight is 465 g/mol. The predicted molar refractivity (Wildman–Crippen MR) is 134 cm³/mol. The summed E-state index contributed by atoms with van der Waals surface area (Å²) in [5.74, 6) is 1.44. The lowest BCUT2D eigenvalue weighted by Gasteiger charge is -2.18. The van der Waals surface area contributed by atoms with Crippen LogP contribution >= 0.6 is 0 Å². The third-order valence-corrected chi connectivity index (χ3v) is 5.71. The number of fused-ring (bicyclic) bond motifs is 1. The molecule has 0 radical (unpaired) electrons. The molecule has 6 nitrogen and oxygen atoms in total. The van der Waals surface area contributed by atoms with E-state index in [1.807, 2.05) is 72.8 Å². The molecular weight excluding hydrogens is 440 g/mol. The van der Waals surface area contributed by atoms with Gasteiger partial charge in [-0.3, -0.25) is 9.78 Å². The minimum Gasteiger partial charge on any atom is -0.493 e. The van der Waals surface area contributed by atoms with Gasteiger partial charge in [-0.15, -0.1) is 0 Å². The number of rotatable bonds is 8. The second-order valence-corrected chi connectivity index (χ2v) is 8.01. The lowest BCUT2D eigenvalue weighted by molar-refractivity contribution is 0.0938. The van der Waals surface area contributed by atoms with Crippen LogP contribution in [0.1, 0.15) is 33.3 Å². The Hall–Kier alpha value is -4.58. The Bertz CT molecular complexity index is 1400. The number of methoxy groups -OCH3 is 1.